The molecule has 0 aliphatic rings. The molecule has 22 heavy (non-hydrogen) atoms. The van der Waals surface area contributed by atoms with E-state index in [0.29, 0.717) is 6.42 Å². The van der Waals surface area contributed by atoms with Crippen LogP contribution in [-0.4, -0.2) is 5.91 Å². The van der Waals surface area contributed by atoms with Crippen LogP contribution in [0.1, 0.15) is 96.8 Å². The number of allylic oxidation sites excluding steroid dienone is 2. The summed E-state index contributed by atoms with van der Waals surface area (Å²) in [6.45, 7) is 2.26. The van der Waals surface area contributed by atoms with Gasteiger partial charge in [0.05, 0.1) is 0 Å². The summed E-state index contributed by atoms with van der Waals surface area (Å²) >= 11 is 0. The molecule has 126 valence electrons. The normalized spacial score (nSPS) is 10.8. The van der Waals surface area contributed by atoms with E-state index < -0.39 is 0 Å². The van der Waals surface area contributed by atoms with E-state index in [2.05, 4.69) is 29.1 Å². The molecule has 0 aromatic heterocycles. The summed E-state index contributed by atoms with van der Waals surface area (Å²) < 4.78 is 0. The van der Waals surface area contributed by atoms with Gasteiger partial charge >= 0.3 is 0 Å². The topological polar surface area (TPSA) is 65.8 Å². The van der Waals surface area contributed by atoms with Gasteiger partial charge in [0.15, 0.2) is 0 Å². The molecule has 0 saturated heterocycles. The molecule has 0 rings (SSSR count). The van der Waals surface area contributed by atoms with E-state index in [-0.39, 0.29) is 5.91 Å². The molecule has 0 radical (unpaired) electrons. The second-order valence-electron chi connectivity index (χ2n) is 5.92. The van der Waals surface area contributed by atoms with E-state index in [0.717, 1.165) is 19.3 Å². The fourth-order valence-electron chi connectivity index (χ4n) is 2.45. The van der Waals surface area contributed by atoms with E-state index in [4.69, 9.17) is 5.53 Å². The summed E-state index contributed by atoms with van der Waals surface area (Å²) in [7, 11) is 0. The lowest BCUT2D eigenvalue weighted by Crippen LogP contribution is -1.90. The zero-order valence-electron chi connectivity index (χ0n) is 14.3. The van der Waals surface area contributed by atoms with Crippen LogP contribution < -0.4 is 0 Å². The Morgan fingerprint density at radius 2 is 1.36 bits per heavy atom. The Morgan fingerprint density at radius 1 is 0.864 bits per heavy atom. The van der Waals surface area contributed by atoms with Crippen LogP contribution in [0.4, 0.5) is 0 Å². The predicted octanol–water partition coefficient (Wildman–Crippen LogP) is 6.86. The quantitative estimate of drug-likeness (QED) is 0.107. The summed E-state index contributed by atoms with van der Waals surface area (Å²) in [5, 5.41) is 3.06. The van der Waals surface area contributed by atoms with E-state index in [1.54, 1.807) is 0 Å². The number of hydrogen-bond acceptors (Lipinski definition) is 1. The molecule has 0 spiro atoms. The Labute approximate surface area is 136 Å². The summed E-state index contributed by atoms with van der Waals surface area (Å²) in [6.07, 6.45) is 21.2. The lowest BCUT2D eigenvalue weighted by Gasteiger charge is -1.99. The molecule has 0 aromatic carbocycles. The summed E-state index contributed by atoms with van der Waals surface area (Å²) in [4.78, 5) is 13.4. The third-order valence-electron chi connectivity index (χ3n) is 3.81. The monoisotopic (exact) mass is 307 g/mol. The number of hydrogen-bond donors (Lipinski definition) is 0. The van der Waals surface area contributed by atoms with Crippen molar-refractivity contribution in [2.45, 2.75) is 96.8 Å². The number of nitrogens with zero attached hydrogens (tertiary/aromatic N) is 3. The molecular weight excluding hydrogens is 274 g/mol. The highest BCUT2D eigenvalue weighted by Gasteiger charge is 1.97. The Bertz CT molecular complexity index is 333. The highest BCUT2D eigenvalue weighted by atomic mass is 16.1. The van der Waals surface area contributed by atoms with E-state index in [1.807, 2.05) is 0 Å². The fraction of sp³-hybridized carbons (Fsp3) is 0.833. The van der Waals surface area contributed by atoms with Gasteiger partial charge in [0.1, 0.15) is 0 Å². The molecule has 1 amide bonds. The average Bonchev–Trinajstić information content (AvgIpc) is 2.51. The van der Waals surface area contributed by atoms with E-state index in [1.165, 1.54) is 64.2 Å². The maximum Gasteiger partial charge on any atom is 0.218 e. The van der Waals surface area contributed by atoms with Crippen LogP contribution >= 0.6 is 0 Å². The highest BCUT2D eigenvalue weighted by molar-refractivity contribution is 5.76. The molecule has 0 unspecified atom stereocenters. The molecular formula is C18H33N3O. The first kappa shape index (κ1) is 20.7. The van der Waals surface area contributed by atoms with Gasteiger partial charge in [0.2, 0.25) is 5.91 Å². The fourth-order valence-corrected chi connectivity index (χ4v) is 2.45. The number of azide groups is 1. The maximum atomic E-state index is 10.9. The van der Waals surface area contributed by atoms with Gasteiger partial charge in [0, 0.05) is 11.3 Å². The van der Waals surface area contributed by atoms with Crippen LogP contribution in [-0.2, 0) is 4.79 Å². The SMILES string of the molecule is CCCCCCCC/C=C\CCCCCCCC(=O)N=[N+]=[N-]. The smallest absolute Gasteiger partial charge is 0.218 e. The van der Waals surface area contributed by atoms with Crippen molar-refractivity contribution in [3.63, 3.8) is 0 Å². The van der Waals surface area contributed by atoms with Gasteiger partial charge in [-0.15, -0.1) is 0 Å². The zero-order valence-corrected chi connectivity index (χ0v) is 14.3. The van der Waals surface area contributed by atoms with E-state index >= 15 is 0 Å². The van der Waals surface area contributed by atoms with Crippen LogP contribution in [0.15, 0.2) is 17.3 Å². The molecule has 0 aliphatic heterocycles. The zero-order chi connectivity index (χ0) is 16.3. The Hall–Kier alpha value is -1.28. The minimum atomic E-state index is -0.333. The lowest BCUT2D eigenvalue weighted by molar-refractivity contribution is -0.118. The van der Waals surface area contributed by atoms with Gasteiger partial charge in [-0.05, 0) is 42.7 Å². The van der Waals surface area contributed by atoms with Gasteiger partial charge in [0.25, 0.3) is 0 Å². The Morgan fingerprint density at radius 3 is 1.91 bits per heavy atom. The molecule has 0 saturated carbocycles. The molecule has 0 bridgehead atoms. The minimum Gasteiger partial charge on any atom is -0.293 e. The van der Waals surface area contributed by atoms with Gasteiger partial charge in [-0.3, -0.25) is 4.79 Å². The van der Waals surface area contributed by atoms with Crippen molar-refractivity contribution in [3.8, 4) is 0 Å². The maximum absolute atomic E-state index is 10.9. The van der Waals surface area contributed by atoms with Crippen molar-refractivity contribution in [1.82, 2.24) is 0 Å². The summed E-state index contributed by atoms with van der Waals surface area (Å²) in [5.74, 6) is -0.333. The van der Waals surface area contributed by atoms with Crippen LogP contribution in [0.3, 0.4) is 0 Å². The predicted molar refractivity (Wildman–Crippen MR) is 93.6 cm³/mol. The van der Waals surface area contributed by atoms with Crippen molar-refractivity contribution < 1.29 is 4.79 Å². The second kappa shape index (κ2) is 17.8. The lowest BCUT2D eigenvalue weighted by atomic mass is 10.1. The molecule has 4 nitrogen and oxygen atoms in total. The first-order valence-electron chi connectivity index (χ1n) is 9.04. The molecule has 0 heterocycles. The molecule has 0 atom stereocenters. The van der Waals surface area contributed by atoms with Gasteiger partial charge in [-0.2, -0.15) is 0 Å². The average molecular weight is 307 g/mol. The van der Waals surface area contributed by atoms with Gasteiger partial charge in [-0.25, -0.2) is 0 Å². The van der Waals surface area contributed by atoms with Crippen LogP contribution in [0.2, 0.25) is 0 Å². The third kappa shape index (κ3) is 16.8. The molecule has 0 aromatic rings. The first-order valence-corrected chi connectivity index (χ1v) is 9.04. The largest absolute Gasteiger partial charge is 0.293 e. The Balaban J connectivity index is 3.17. The first-order chi connectivity index (χ1) is 10.8. The number of amides is 1. The van der Waals surface area contributed by atoms with Crippen molar-refractivity contribution in [3.05, 3.63) is 22.6 Å². The van der Waals surface area contributed by atoms with Crippen molar-refractivity contribution >= 4 is 5.91 Å². The number of carbonyl (C=O) groups is 1. The molecule has 0 N–H and O–H groups in total. The number of unbranched alkanes of at least 4 members (excludes halogenated alkanes) is 11. The number of carbonyl (C=O) groups excluding carboxylic acids is 1. The molecule has 0 aliphatic carbocycles. The molecule has 4 heteroatoms. The van der Waals surface area contributed by atoms with Crippen LogP contribution in [0.25, 0.3) is 10.4 Å². The third-order valence-corrected chi connectivity index (χ3v) is 3.81. The van der Waals surface area contributed by atoms with Crippen molar-refractivity contribution in [1.29, 1.82) is 0 Å². The van der Waals surface area contributed by atoms with Crippen molar-refractivity contribution in [2.75, 3.05) is 0 Å². The van der Waals surface area contributed by atoms with Crippen molar-refractivity contribution in [2.24, 2.45) is 5.11 Å². The van der Waals surface area contributed by atoms with E-state index in [9.17, 15) is 4.79 Å². The standard InChI is InChI=1S/C18H33N3O/c1-2-3-4-5-6-7-8-9-10-11-12-13-14-15-16-17-18(22)20-21-19/h9-10H,2-8,11-17H2,1H3/b10-9-. The van der Waals surface area contributed by atoms with Gasteiger partial charge < -0.3 is 0 Å². The summed E-state index contributed by atoms with van der Waals surface area (Å²) in [5.41, 5.74) is 8.09. The highest BCUT2D eigenvalue weighted by Crippen LogP contribution is 2.10. The van der Waals surface area contributed by atoms with Gasteiger partial charge in [-0.1, -0.05) is 70.4 Å². The van der Waals surface area contributed by atoms with Crippen LogP contribution in [0.5, 0.6) is 0 Å². The number of rotatable bonds is 15. The summed E-state index contributed by atoms with van der Waals surface area (Å²) in [6, 6.07) is 0. The van der Waals surface area contributed by atoms with Crippen LogP contribution in [0, 0.1) is 0 Å². The Kier molecular flexibility index (Phi) is 16.7. The second-order valence-corrected chi connectivity index (χ2v) is 5.92. The molecule has 0 fully saturated rings. The minimum absolute atomic E-state index is 0.333.